The molecule has 0 aliphatic rings. The lowest BCUT2D eigenvalue weighted by Gasteiger charge is -2.11. The van der Waals surface area contributed by atoms with E-state index in [1.54, 1.807) is 30.2 Å². The summed E-state index contributed by atoms with van der Waals surface area (Å²) in [6.45, 7) is 2.85. The Morgan fingerprint density at radius 1 is 1.03 bits per heavy atom. The van der Waals surface area contributed by atoms with Crippen molar-refractivity contribution in [3.63, 3.8) is 0 Å². The fraction of sp³-hybridized carbons (Fsp3) is 0.227. The molecule has 4 rings (SSSR count). The zero-order chi connectivity index (χ0) is 20.1. The first-order valence-corrected chi connectivity index (χ1v) is 11.2. The van der Waals surface area contributed by atoms with Gasteiger partial charge >= 0.3 is 0 Å². The van der Waals surface area contributed by atoms with Gasteiger partial charge in [0.05, 0.1) is 17.8 Å². The lowest BCUT2D eigenvalue weighted by Crippen LogP contribution is -2.05. The average Bonchev–Trinajstić information content (AvgIpc) is 3.37. The number of aromatic nitrogens is 4. The molecule has 2 aromatic heterocycles. The maximum absolute atomic E-state index is 5.28. The largest absolute Gasteiger partial charge is 0.497 e. The number of rotatable bonds is 8. The van der Waals surface area contributed by atoms with E-state index in [4.69, 9.17) is 4.74 Å². The number of aryl methyl sites for hydroxylation is 2. The van der Waals surface area contributed by atoms with Crippen LogP contribution in [0.3, 0.4) is 0 Å². The molecule has 0 radical (unpaired) electrons. The Morgan fingerprint density at radius 2 is 1.83 bits per heavy atom. The van der Waals surface area contributed by atoms with Gasteiger partial charge in [0.25, 0.3) is 0 Å². The van der Waals surface area contributed by atoms with Crippen molar-refractivity contribution in [2.45, 2.75) is 30.8 Å². The first kappa shape index (κ1) is 19.7. The molecular weight excluding hydrogens is 400 g/mol. The minimum Gasteiger partial charge on any atom is -0.497 e. The molecule has 0 atom stereocenters. The van der Waals surface area contributed by atoms with Gasteiger partial charge in [0.1, 0.15) is 5.75 Å². The summed E-state index contributed by atoms with van der Waals surface area (Å²) in [5.41, 5.74) is 3.41. The Balaban J connectivity index is 1.59. The first-order chi connectivity index (χ1) is 14.2. The van der Waals surface area contributed by atoms with Gasteiger partial charge in [-0.25, -0.2) is 4.98 Å². The number of hydrogen-bond acceptors (Lipinski definition) is 6. The van der Waals surface area contributed by atoms with Crippen molar-refractivity contribution in [1.82, 2.24) is 19.7 Å². The fourth-order valence-electron chi connectivity index (χ4n) is 3.05. The Hall–Kier alpha value is -2.64. The number of ether oxygens (including phenoxy) is 1. The van der Waals surface area contributed by atoms with Crippen molar-refractivity contribution in [3.8, 4) is 17.1 Å². The van der Waals surface area contributed by atoms with Gasteiger partial charge in [-0.1, -0.05) is 42.1 Å². The van der Waals surface area contributed by atoms with Gasteiger partial charge < -0.3 is 9.30 Å². The molecule has 0 saturated carbocycles. The summed E-state index contributed by atoms with van der Waals surface area (Å²) in [5.74, 6) is 2.49. The second kappa shape index (κ2) is 9.24. The molecule has 2 heterocycles. The third kappa shape index (κ3) is 4.86. The molecule has 0 aliphatic heterocycles. The van der Waals surface area contributed by atoms with E-state index in [2.05, 4.69) is 49.4 Å². The average molecular weight is 423 g/mol. The number of thioether (sulfide) groups is 1. The summed E-state index contributed by atoms with van der Waals surface area (Å²) in [5, 5.41) is 13.1. The van der Waals surface area contributed by atoms with Crippen LogP contribution >= 0.6 is 23.1 Å². The summed E-state index contributed by atoms with van der Waals surface area (Å²) in [6.07, 6.45) is 0.922. The summed E-state index contributed by atoms with van der Waals surface area (Å²) in [4.78, 5) is 4.56. The van der Waals surface area contributed by atoms with Gasteiger partial charge in [-0.3, -0.25) is 0 Å². The van der Waals surface area contributed by atoms with Crippen molar-refractivity contribution < 1.29 is 4.74 Å². The van der Waals surface area contributed by atoms with E-state index < -0.39 is 0 Å². The highest BCUT2D eigenvalue weighted by Gasteiger charge is 2.15. The summed E-state index contributed by atoms with van der Waals surface area (Å²) in [7, 11) is 1.67. The first-order valence-electron chi connectivity index (χ1n) is 9.38. The minimum atomic E-state index is 0.788. The van der Waals surface area contributed by atoms with Gasteiger partial charge in [0, 0.05) is 23.2 Å². The summed E-state index contributed by atoms with van der Waals surface area (Å²) < 4.78 is 7.49. The predicted octanol–water partition coefficient (Wildman–Crippen LogP) is 5.25. The zero-order valence-electron chi connectivity index (χ0n) is 16.4. The van der Waals surface area contributed by atoms with Crippen molar-refractivity contribution in [3.05, 3.63) is 76.2 Å². The normalized spacial score (nSPS) is 11.0. The maximum Gasteiger partial charge on any atom is 0.191 e. The lowest BCUT2D eigenvalue weighted by atomic mass is 10.1. The van der Waals surface area contributed by atoms with Crippen LogP contribution in [-0.2, 0) is 18.7 Å². The standard InChI is InChI=1S/C22H22N4OS2/c1-16-23-19(14-28-16)15-29-22-25-24-21(18-8-10-20(27-2)11-9-18)26(22)13-12-17-6-4-3-5-7-17/h3-11,14H,12-13,15H2,1-2H3. The van der Waals surface area contributed by atoms with E-state index in [1.807, 2.05) is 37.3 Å². The highest BCUT2D eigenvalue weighted by Crippen LogP contribution is 2.28. The smallest absolute Gasteiger partial charge is 0.191 e. The highest BCUT2D eigenvalue weighted by atomic mass is 32.2. The van der Waals surface area contributed by atoms with Crippen LogP contribution in [0.15, 0.2) is 65.1 Å². The number of thiazole rings is 1. The summed E-state index contributed by atoms with van der Waals surface area (Å²) in [6, 6.07) is 18.5. The Bertz CT molecular complexity index is 1060. The molecule has 5 nitrogen and oxygen atoms in total. The van der Waals surface area contributed by atoms with Crippen LogP contribution in [0.2, 0.25) is 0 Å². The fourth-order valence-corrected chi connectivity index (χ4v) is 4.62. The quantitative estimate of drug-likeness (QED) is 0.363. The molecule has 0 fully saturated rings. The molecular formula is C22H22N4OS2. The van der Waals surface area contributed by atoms with Gasteiger partial charge in [-0.15, -0.1) is 21.5 Å². The van der Waals surface area contributed by atoms with E-state index in [9.17, 15) is 0 Å². The van der Waals surface area contributed by atoms with E-state index in [0.29, 0.717) is 0 Å². The molecule has 0 spiro atoms. The Kier molecular flexibility index (Phi) is 6.27. The molecule has 0 unspecified atom stereocenters. The van der Waals surface area contributed by atoms with Gasteiger partial charge in [-0.05, 0) is 43.2 Å². The van der Waals surface area contributed by atoms with Crippen molar-refractivity contribution >= 4 is 23.1 Å². The van der Waals surface area contributed by atoms with E-state index in [0.717, 1.165) is 51.7 Å². The second-order valence-corrected chi connectivity index (χ2v) is 8.57. The molecule has 0 bridgehead atoms. The highest BCUT2D eigenvalue weighted by molar-refractivity contribution is 7.98. The molecule has 0 aliphatic carbocycles. The molecule has 2 aromatic carbocycles. The molecule has 0 saturated heterocycles. The third-order valence-electron chi connectivity index (χ3n) is 4.55. The second-order valence-electron chi connectivity index (χ2n) is 6.57. The van der Waals surface area contributed by atoms with E-state index in [1.165, 1.54) is 5.56 Å². The molecule has 0 amide bonds. The molecule has 29 heavy (non-hydrogen) atoms. The van der Waals surface area contributed by atoms with E-state index in [-0.39, 0.29) is 0 Å². The van der Waals surface area contributed by atoms with Gasteiger partial charge in [0.2, 0.25) is 0 Å². The zero-order valence-corrected chi connectivity index (χ0v) is 18.0. The Labute approximate surface area is 178 Å². The van der Waals surface area contributed by atoms with Gasteiger partial charge in [0.15, 0.2) is 11.0 Å². The maximum atomic E-state index is 5.28. The van der Waals surface area contributed by atoms with Crippen molar-refractivity contribution in [1.29, 1.82) is 0 Å². The van der Waals surface area contributed by atoms with E-state index >= 15 is 0 Å². The van der Waals surface area contributed by atoms with Crippen LogP contribution in [0.4, 0.5) is 0 Å². The topological polar surface area (TPSA) is 52.8 Å². The SMILES string of the molecule is COc1ccc(-c2nnc(SCc3csc(C)n3)n2CCc2ccccc2)cc1. The molecule has 148 valence electrons. The van der Waals surface area contributed by atoms with Gasteiger partial charge in [-0.2, -0.15) is 0 Å². The van der Waals surface area contributed by atoms with Crippen molar-refractivity contribution in [2.75, 3.05) is 7.11 Å². The lowest BCUT2D eigenvalue weighted by molar-refractivity contribution is 0.415. The van der Waals surface area contributed by atoms with Crippen molar-refractivity contribution in [2.24, 2.45) is 0 Å². The van der Waals surface area contributed by atoms with Crippen LogP contribution in [0.1, 0.15) is 16.3 Å². The van der Waals surface area contributed by atoms with Crippen LogP contribution in [0.5, 0.6) is 5.75 Å². The number of nitrogens with zero attached hydrogens (tertiary/aromatic N) is 4. The molecule has 4 aromatic rings. The predicted molar refractivity (Wildman–Crippen MR) is 119 cm³/mol. The summed E-state index contributed by atoms with van der Waals surface area (Å²) >= 11 is 3.36. The number of hydrogen-bond donors (Lipinski definition) is 0. The van der Waals surface area contributed by atoms with Crippen LogP contribution in [0, 0.1) is 6.92 Å². The third-order valence-corrected chi connectivity index (χ3v) is 6.37. The molecule has 7 heteroatoms. The minimum absolute atomic E-state index is 0.788. The Morgan fingerprint density at radius 3 is 2.52 bits per heavy atom. The van der Waals surface area contributed by atoms with Crippen LogP contribution in [-0.4, -0.2) is 26.9 Å². The number of benzene rings is 2. The van der Waals surface area contributed by atoms with Crippen LogP contribution in [0.25, 0.3) is 11.4 Å². The molecule has 0 N–H and O–H groups in total. The monoisotopic (exact) mass is 422 g/mol. The van der Waals surface area contributed by atoms with Crippen LogP contribution < -0.4 is 4.74 Å². The number of methoxy groups -OCH3 is 1.